The highest BCUT2D eigenvalue weighted by Crippen LogP contribution is 2.32. The van der Waals surface area contributed by atoms with E-state index in [0.29, 0.717) is 23.6 Å². The molecule has 0 spiro atoms. The summed E-state index contributed by atoms with van der Waals surface area (Å²) < 4.78 is 5.74. The molecule has 4 aromatic rings. The van der Waals surface area contributed by atoms with E-state index in [4.69, 9.17) is 17.0 Å². The number of aromatic hydroxyl groups is 1. The van der Waals surface area contributed by atoms with Crippen molar-refractivity contribution in [3.8, 4) is 11.5 Å². The predicted molar refractivity (Wildman–Crippen MR) is 127 cm³/mol. The number of hydrogen-bond acceptors (Lipinski definition) is 4. The van der Waals surface area contributed by atoms with Crippen LogP contribution in [0.25, 0.3) is 10.8 Å². The number of phenolic OH excluding ortho intramolecular Hbond substituents is 1. The average Bonchev–Trinajstić information content (AvgIpc) is 2.80. The molecular weight excluding hydrogens is 408 g/mol. The van der Waals surface area contributed by atoms with Crippen LogP contribution in [0.3, 0.4) is 0 Å². The first-order valence-electron chi connectivity index (χ1n) is 9.70. The van der Waals surface area contributed by atoms with Gasteiger partial charge < -0.3 is 15.2 Å². The third-order valence-electron chi connectivity index (χ3n) is 4.74. The Labute approximate surface area is 185 Å². The molecule has 31 heavy (non-hydrogen) atoms. The first-order chi connectivity index (χ1) is 15.1. The van der Waals surface area contributed by atoms with Crippen molar-refractivity contribution in [1.82, 2.24) is 5.32 Å². The lowest BCUT2D eigenvalue weighted by Crippen LogP contribution is -2.34. The molecule has 4 rings (SSSR count). The van der Waals surface area contributed by atoms with Crippen molar-refractivity contribution in [2.45, 2.75) is 6.61 Å². The normalized spacial score (nSPS) is 10.5. The van der Waals surface area contributed by atoms with Crippen LogP contribution in [-0.4, -0.2) is 16.1 Å². The van der Waals surface area contributed by atoms with Crippen molar-refractivity contribution in [3.63, 3.8) is 0 Å². The molecule has 4 aromatic carbocycles. The summed E-state index contributed by atoms with van der Waals surface area (Å²) in [6, 6.07) is 27.7. The van der Waals surface area contributed by atoms with Crippen molar-refractivity contribution in [2.24, 2.45) is 0 Å². The maximum absolute atomic E-state index is 12.5. The third kappa shape index (κ3) is 4.99. The fourth-order valence-corrected chi connectivity index (χ4v) is 3.35. The lowest BCUT2D eigenvalue weighted by atomic mass is 10.1. The van der Waals surface area contributed by atoms with Crippen LogP contribution in [0.15, 0.2) is 91.0 Å². The molecule has 0 fully saturated rings. The molecule has 0 bridgehead atoms. The molecule has 5 nitrogen and oxygen atoms in total. The Morgan fingerprint density at radius 1 is 0.871 bits per heavy atom. The molecule has 0 unspecified atom stereocenters. The molecule has 0 saturated carbocycles. The van der Waals surface area contributed by atoms with Gasteiger partial charge in [0.15, 0.2) is 5.11 Å². The lowest BCUT2D eigenvalue weighted by molar-refractivity contribution is 0.0977. The van der Waals surface area contributed by atoms with Crippen molar-refractivity contribution >= 4 is 39.7 Å². The molecule has 0 radical (unpaired) electrons. The number of nitrogens with one attached hydrogen (secondary N) is 2. The number of benzene rings is 4. The van der Waals surface area contributed by atoms with E-state index in [1.807, 2.05) is 60.7 Å². The largest absolute Gasteiger partial charge is 0.506 e. The summed E-state index contributed by atoms with van der Waals surface area (Å²) in [7, 11) is 0. The molecule has 0 saturated heterocycles. The molecule has 154 valence electrons. The summed E-state index contributed by atoms with van der Waals surface area (Å²) in [5.74, 6) is 0.365. The molecule has 6 heteroatoms. The van der Waals surface area contributed by atoms with Crippen LogP contribution in [0.1, 0.15) is 15.9 Å². The topological polar surface area (TPSA) is 70.6 Å². The van der Waals surface area contributed by atoms with Gasteiger partial charge in [-0.2, -0.15) is 0 Å². The number of ether oxygens (including phenoxy) is 1. The molecule has 0 aliphatic carbocycles. The van der Waals surface area contributed by atoms with Crippen LogP contribution >= 0.6 is 12.2 Å². The number of anilines is 1. The Bertz CT molecular complexity index is 1220. The zero-order chi connectivity index (χ0) is 21.6. The van der Waals surface area contributed by atoms with Crippen molar-refractivity contribution in [2.75, 3.05) is 5.32 Å². The van der Waals surface area contributed by atoms with Crippen LogP contribution in [0.5, 0.6) is 11.5 Å². The Morgan fingerprint density at radius 3 is 2.35 bits per heavy atom. The van der Waals surface area contributed by atoms with Gasteiger partial charge in [-0.1, -0.05) is 60.7 Å². The minimum atomic E-state index is -0.355. The van der Waals surface area contributed by atoms with Crippen molar-refractivity contribution < 1.29 is 14.6 Å². The Balaban J connectivity index is 1.38. The van der Waals surface area contributed by atoms with Gasteiger partial charge in [0, 0.05) is 10.9 Å². The fourth-order valence-electron chi connectivity index (χ4n) is 3.15. The van der Waals surface area contributed by atoms with Crippen molar-refractivity contribution in [3.05, 3.63) is 102 Å². The molecule has 3 N–H and O–H groups in total. The van der Waals surface area contributed by atoms with E-state index in [1.165, 1.54) is 0 Å². The minimum absolute atomic E-state index is 0.0511. The maximum Gasteiger partial charge on any atom is 0.257 e. The van der Waals surface area contributed by atoms with Gasteiger partial charge in [-0.05, 0) is 53.5 Å². The van der Waals surface area contributed by atoms with Crippen molar-refractivity contribution in [1.29, 1.82) is 0 Å². The van der Waals surface area contributed by atoms with Gasteiger partial charge in [0.25, 0.3) is 5.91 Å². The van der Waals surface area contributed by atoms with E-state index >= 15 is 0 Å². The van der Waals surface area contributed by atoms with E-state index in [0.717, 1.165) is 16.3 Å². The van der Waals surface area contributed by atoms with Gasteiger partial charge in [0.1, 0.15) is 18.1 Å². The van der Waals surface area contributed by atoms with E-state index in [-0.39, 0.29) is 16.8 Å². The van der Waals surface area contributed by atoms with Crippen LogP contribution in [0.4, 0.5) is 5.69 Å². The lowest BCUT2D eigenvalue weighted by Gasteiger charge is -2.13. The number of fused-ring (bicyclic) bond motifs is 1. The van der Waals surface area contributed by atoms with Crippen LogP contribution in [-0.2, 0) is 6.61 Å². The molecule has 0 aliphatic heterocycles. The molecule has 0 atom stereocenters. The zero-order valence-electron chi connectivity index (χ0n) is 16.5. The van der Waals surface area contributed by atoms with Gasteiger partial charge in [0.05, 0.1) is 5.69 Å². The Morgan fingerprint density at radius 2 is 1.58 bits per heavy atom. The summed E-state index contributed by atoms with van der Waals surface area (Å²) in [4.78, 5) is 12.5. The number of rotatable bonds is 5. The zero-order valence-corrected chi connectivity index (χ0v) is 17.4. The predicted octanol–water partition coefficient (Wildman–Crippen LogP) is 5.25. The standard InChI is InChI=1S/C25H20N2O3S/c28-22-15-12-18-8-4-5-9-21(18)23(22)26-25(31)27-24(29)19-10-13-20(14-11-19)30-16-17-6-2-1-3-7-17/h1-15,28H,16H2,(H2,26,27,29,31). The number of amides is 1. The number of hydrogen-bond donors (Lipinski definition) is 3. The van der Waals surface area contributed by atoms with Gasteiger partial charge in [-0.15, -0.1) is 0 Å². The number of carbonyl (C=O) groups excluding carboxylic acids is 1. The Hall–Kier alpha value is -3.90. The van der Waals surface area contributed by atoms with E-state index < -0.39 is 0 Å². The molecule has 1 amide bonds. The number of carbonyl (C=O) groups is 1. The summed E-state index contributed by atoms with van der Waals surface area (Å²) >= 11 is 5.28. The summed E-state index contributed by atoms with van der Waals surface area (Å²) in [5.41, 5.74) is 1.96. The Kier molecular flexibility index (Phi) is 6.10. The van der Waals surface area contributed by atoms with E-state index in [1.54, 1.807) is 30.3 Å². The number of phenols is 1. The second-order valence-corrected chi connectivity index (χ2v) is 7.30. The molecule has 0 aliphatic rings. The smallest absolute Gasteiger partial charge is 0.257 e. The molecule has 0 heterocycles. The molecular formula is C25H20N2O3S. The SMILES string of the molecule is O=C(NC(=S)Nc1c(O)ccc2ccccc12)c1ccc(OCc2ccccc2)cc1. The first-order valence-corrected chi connectivity index (χ1v) is 10.1. The van der Waals surface area contributed by atoms with Crippen LogP contribution < -0.4 is 15.4 Å². The first kappa shape index (κ1) is 20.4. The summed E-state index contributed by atoms with van der Waals surface area (Å²) in [6.45, 7) is 0.453. The van der Waals surface area contributed by atoms with Gasteiger partial charge in [-0.25, -0.2) is 0 Å². The van der Waals surface area contributed by atoms with E-state index in [2.05, 4.69) is 10.6 Å². The van der Waals surface area contributed by atoms with Crippen LogP contribution in [0.2, 0.25) is 0 Å². The van der Waals surface area contributed by atoms with Gasteiger partial charge in [-0.3, -0.25) is 10.1 Å². The monoisotopic (exact) mass is 428 g/mol. The molecule has 0 aromatic heterocycles. The maximum atomic E-state index is 12.5. The third-order valence-corrected chi connectivity index (χ3v) is 4.94. The second kappa shape index (κ2) is 9.28. The van der Waals surface area contributed by atoms with Crippen LogP contribution in [0, 0.1) is 0 Å². The average molecular weight is 429 g/mol. The summed E-state index contributed by atoms with van der Waals surface area (Å²) in [6.07, 6.45) is 0. The number of thiocarbonyl (C=S) groups is 1. The highest BCUT2D eigenvalue weighted by atomic mass is 32.1. The quantitative estimate of drug-likeness (QED) is 0.299. The van der Waals surface area contributed by atoms with Gasteiger partial charge >= 0.3 is 0 Å². The summed E-state index contributed by atoms with van der Waals surface area (Å²) in [5, 5.41) is 17.6. The van der Waals surface area contributed by atoms with E-state index in [9.17, 15) is 9.90 Å². The fraction of sp³-hybridized carbons (Fsp3) is 0.0400. The highest BCUT2D eigenvalue weighted by Gasteiger charge is 2.12. The second-order valence-electron chi connectivity index (χ2n) is 6.89. The minimum Gasteiger partial charge on any atom is -0.506 e. The highest BCUT2D eigenvalue weighted by molar-refractivity contribution is 7.80. The van der Waals surface area contributed by atoms with Gasteiger partial charge in [0.2, 0.25) is 0 Å².